The summed E-state index contributed by atoms with van der Waals surface area (Å²) in [5.74, 6) is 0.186. The smallest absolute Gasteiger partial charge is 0.177 e. The summed E-state index contributed by atoms with van der Waals surface area (Å²) in [6, 6.07) is 14.5. The van der Waals surface area contributed by atoms with Gasteiger partial charge in [0.05, 0.1) is 6.54 Å². The number of hydrogen-bond acceptors (Lipinski definition) is 2. The summed E-state index contributed by atoms with van der Waals surface area (Å²) in [4.78, 5) is 14.5. The van der Waals surface area contributed by atoms with Gasteiger partial charge in [0, 0.05) is 12.1 Å². The Morgan fingerprint density at radius 3 is 2.24 bits per heavy atom. The molecule has 0 bridgehead atoms. The second kappa shape index (κ2) is 6.68. The Hall–Kier alpha value is -1.93. The maximum Gasteiger partial charge on any atom is 0.177 e. The number of carbonyl (C=O) groups is 1. The van der Waals surface area contributed by atoms with Gasteiger partial charge in [-0.2, -0.15) is 0 Å². The van der Waals surface area contributed by atoms with Crippen LogP contribution in [-0.4, -0.2) is 24.3 Å². The van der Waals surface area contributed by atoms with Gasteiger partial charge in [-0.1, -0.05) is 47.5 Å². The zero-order chi connectivity index (χ0) is 15.4. The zero-order valence-electron chi connectivity index (χ0n) is 13.3. The van der Waals surface area contributed by atoms with E-state index in [1.54, 1.807) is 0 Å². The average molecular weight is 281 g/mol. The van der Waals surface area contributed by atoms with Crippen molar-refractivity contribution in [3.63, 3.8) is 0 Å². The van der Waals surface area contributed by atoms with Crippen LogP contribution in [0.25, 0.3) is 0 Å². The summed E-state index contributed by atoms with van der Waals surface area (Å²) in [5.41, 5.74) is 5.51. The maximum atomic E-state index is 12.4. The van der Waals surface area contributed by atoms with E-state index >= 15 is 0 Å². The van der Waals surface area contributed by atoms with Gasteiger partial charge in [-0.15, -0.1) is 0 Å². The van der Waals surface area contributed by atoms with Crippen LogP contribution in [-0.2, 0) is 6.54 Å². The van der Waals surface area contributed by atoms with E-state index < -0.39 is 0 Å². The highest BCUT2D eigenvalue weighted by Gasteiger charge is 2.12. The molecule has 0 heterocycles. The minimum absolute atomic E-state index is 0.186. The molecule has 0 saturated carbocycles. The molecule has 0 aromatic heterocycles. The summed E-state index contributed by atoms with van der Waals surface area (Å²) < 4.78 is 0. The van der Waals surface area contributed by atoms with Gasteiger partial charge in [0.25, 0.3) is 0 Å². The molecular formula is C19H23NO. The molecule has 2 rings (SSSR count). The molecule has 0 fully saturated rings. The first-order valence-electron chi connectivity index (χ1n) is 7.30. The van der Waals surface area contributed by atoms with Crippen molar-refractivity contribution >= 4 is 5.78 Å². The zero-order valence-corrected chi connectivity index (χ0v) is 13.3. The average Bonchev–Trinajstić information content (AvgIpc) is 2.44. The van der Waals surface area contributed by atoms with Crippen LogP contribution in [0.15, 0.2) is 42.5 Å². The standard InChI is InChI=1S/C19H23NO/c1-14-6-9-17(10-7-14)12-20(4)13-19(21)18-11-15(2)5-8-16(18)3/h5-11H,12-13H2,1-4H3. The second-order valence-corrected chi connectivity index (χ2v) is 5.90. The summed E-state index contributed by atoms with van der Waals surface area (Å²) in [7, 11) is 1.99. The Kier molecular flexibility index (Phi) is 4.92. The van der Waals surface area contributed by atoms with Crippen LogP contribution < -0.4 is 0 Å². The van der Waals surface area contributed by atoms with Crippen LogP contribution in [0, 0.1) is 20.8 Å². The van der Waals surface area contributed by atoms with Crippen molar-refractivity contribution in [3.8, 4) is 0 Å². The lowest BCUT2D eigenvalue weighted by molar-refractivity contribution is 0.0942. The van der Waals surface area contributed by atoms with Crippen LogP contribution >= 0.6 is 0 Å². The Morgan fingerprint density at radius 2 is 1.57 bits per heavy atom. The Bertz CT molecular complexity index is 629. The van der Waals surface area contributed by atoms with Crippen LogP contribution in [0.3, 0.4) is 0 Å². The molecule has 21 heavy (non-hydrogen) atoms. The van der Waals surface area contributed by atoms with Crippen LogP contribution in [0.5, 0.6) is 0 Å². The van der Waals surface area contributed by atoms with Gasteiger partial charge in [0.1, 0.15) is 0 Å². The first-order chi connectivity index (χ1) is 9.95. The van der Waals surface area contributed by atoms with E-state index in [9.17, 15) is 4.79 Å². The Morgan fingerprint density at radius 1 is 0.952 bits per heavy atom. The molecular weight excluding hydrogens is 258 g/mol. The molecule has 0 aliphatic carbocycles. The van der Waals surface area contributed by atoms with E-state index in [0.717, 1.165) is 23.2 Å². The molecule has 110 valence electrons. The summed E-state index contributed by atoms with van der Waals surface area (Å²) >= 11 is 0. The van der Waals surface area contributed by atoms with Crippen molar-refractivity contribution in [2.24, 2.45) is 0 Å². The van der Waals surface area contributed by atoms with Gasteiger partial charge >= 0.3 is 0 Å². The number of rotatable bonds is 5. The van der Waals surface area contributed by atoms with Crippen molar-refractivity contribution in [2.75, 3.05) is 13.6 Å². The lowest BCUT2D eigenvalue weighted by Crippen LogP contribution is -2.26. The largest absolute Gasteiger partial charge is 0.295 e. The van der Waals surface area contributed by atoms with Crippen molar-refractivity contribution in [1.82, 2.24) is 4.90 Å². The van der Waals surface area contributed by atoms with Gasteiger partial charge < -0.3 is 0 Å². The molecule has 0 unspecified atom stereocenters. The lowest BCUT2D eigenvalue weighted by atomic mass is 10.0. The fourth-order valence-electron chi connectivity index (χ4n) is 2.43. The molecule has 0 amide bonds. The van der Waals surface area contributed by atoms with Gasteiger partial charge in [-0.25, -0.2) is 0 Å². The monoisotopic (exact) mass is 281 g/mol. The van der Waals surface area contributed by atoms with Crippen molar-refractivity contribution in [3.05, 3.63) is 70.3 Å². The highest BCUT2D eigenvalue weighted by atomic mass is 16.1. The molecule has 0 atom stereocenters. The molecule has 0 N–H and O–H groups in total. The first-order valence-corrected chi connectivity index (χ1v) is 7.30. The number of likely N-dealkylation sites (N-methyl/N-ethyl adjacent to an activating group) is 1. The minimum Gasteiger partial charge on any atom is -0.295 e. The number of ketones is 1. The normalized spacial score (nSPS) is 10.9. The van der Waals surface area contributed by atoms with Gasteiger partial charge in [-0.05, 0) is 45.0 Å². The highest BCUT2D eigenvalue weighted by Crippen LogP contribution is 2.13. The third-order valence-corrected chi connectivity index (χ3v) is 3.68. The highest BCUT2D eigenvalue weighted by molar-refractivity contribution is 5.99. The molecule has 0 aliphatic heterocycles. The molecule has 2 nitrogen and oxygen atoms in total. The van der Waals surface area contributed by atoms with Crippen molar-refractivity contribution in [1.29, 1.82) is 0 Å². The van der Waals surface area contributed by atoms with Gasteiger partial charge in [0.2, 0.25) is 0 Å². The van der Waals surface area contributed by atoms with E-state index in [1.165, 1.54) is 11.1 Å². The third kappa shape index (κ3) is 4.27. The molecule has 0 spiro atoms. The summed E-state index contributed by atoms with van der Waals surface area (Å²) in [6.45, 7) is 7.32. The fraction of sp³-hybridized carbons (Fsp3) is 0.316. The van der Waals surface area contributed by atoms with E-state index in [1.807, 2.05) is 39.1 Å². The molecule has 2 aromatic rings. The maximum absolute atomic E-state index is 12.4. The Balaban J connectivity index is 2.01. The number of aryl methyl sites for hydroxylation is 3. The topological polar surface area (TPSA) is 20.3 Å². The van der Waals surface area contributed by atoms with E-state index in [2.05, 4.69) is 36.1 Å². The Labute approximate surface area is 127 Å². The summed E-state index contributed by atoms with van der Waals surface area (Å²) in [6.07, 6.45) is 0. The molecule has 0 saturated heterocycles. The fourth-order valence-corrected chi connectivity index (χ4v) is 2.43. The first kappa shape index (κ1) is 15.5. The molecule has 0 aliphatic rings. The molecule has 0 radical (unpaired) electrons. The van der Waals surface area contributed by atoms with Crippen molar-refractivity contribution in [2.45, 2.75) is 27.3 Å². The number of nitrogens with zero attached hydrogens (tertiary/aromatic N) is 1. The van der Waals surface area contributed by atoms with Crippen LogP contribution in [0.4, 0.5) is 0 Å². The predicted molar refractivity (Wildman–Crippen MR) is 87.8 cm³/mol. The quantitative estimate of drug-likeness (QED) is 0.774. The predicted octanol–water partition coefficient (Wildman–Crippen LogP) is 3.93. The van der Waals surface area contributed by atoms with Gasteiger partial charge in [0.15, 0.2) is 5.78 Å². The molecule has 2 heteroatoms. The number of carbonyl (C=O) groups excluding carboxylic acids is 1. The lowest BCUT2D eigenvalue weighted by Gasteiger charge is -2.17. The number of Topliss-reactive ketones (excluding diaryl/α,β-unsaturated/α-hetero) is 1. The van der Waals surface area contributed by atoms with E-state index in [-0.39, 0.29) is 5.78 Å². The summed E-state index contributed by atoms with van der Waals surface area (Å²) in [5, 5.41) is 0. The van der Waals surface area contributed by atoms with Crippen LogP contribution in [0.2, 0.25) is 0 Å². The van der Waals surface area contributed by atoms with Gasteiger partial charge in [-0.3, -0.25) is 9.69 Å². The molecule has 2 aromatic carbocycles. The SMILES string of the molecule is Cc1ccc(CN(C)CC(=O)c2cc(C)ccc2C)cc1. The second-order valence-electron chi connectivity index (χ2n) is 5.90. The third-order valence-electron chi connectivity index (χ3n) is 3.68. The van der Waals surface area contributed by atoms with Crippen LogP contribution in [0.1, 0.15) is 32.6 Å². The minimum atomic E-state index is 0.186. The number of hydrogen-bond donors (Lipinski definition) is 0. The van der Waals surface area contributed by atoms with E-state index in [4.69, 9.17) is 0 Å². The van der Waals surface area contributed by atoms with Crippen molar-refractivity contribution < 1.29 is 4.79 Å². The van der Waals surface area contributed by atoms with E-state index in [0.29, 0.717) is 6.54 Å². The number of benzene rings is 2.